The molecule has 2 heterocycles. The van der Waals surface area contributed by atoms with Gasteiger partial charge >= 0.3 is 6.18 Å². The summed E-state index contributed by atoms with van der Waals surface area (Å²) in [5.41, 5.74) is 8.04. The van der Waals surface area contributed by atoms with Gasteiger partial charge in [-0.3, -0.25) is 4.68 Å². The summed E-state index contributed by atoms with van der Waals surface area (Å²) < 4.78 is 40.0. The monoisotopic (exact) mass is 349 g/mol. The van der Waals surface area contributed by atoms with Crippen LogP contribution in [0.3, 0.4) is 0 Å². The molecule has 0 fully saturated rings. The van der Waals surface area contributed by atoms with E-state index in [-0.39, 0.29) is 5.92 Å². The van der Waals surface area contributed by atoms with Crippen molar-refractivity contribution in [3.63, 3.8) is 0 Å². The Labute approximate surface area is 142 Å². The molecule has 3 aromatic rings. The van der Waals surface area contributed by atoms with Crippen LogP contribution in [-0.2, 0) is 12.7 Å². The molecule has 0 unspecified atom stereocenters. The SMILES string of the molecule is CCn1nc([C@H](C)c2ccc(C(F)(F)F)cc2)c2nc(C)nc(N)c21. The molecule has 1 aromatic carbocycles. The molecule has 0 saturated heterocycles. The predicted octanol–water partition coefficient (Wildman–Crippen LogP) is 3.91. The van der Waals surface area contributed by atoms with Gasteiger partial charge in [0.15, 0.2) is 5.82 Å². The Kier molecular flexibility index (Phi) is 4.14. The van der Waals surface area contributed by atoms with Gasteiger partial charge in [-0.25, -0.2) is 9.97 Å². The van der Waals surface area contributed by atoms with E-state index < -0.39 is 11.7 Å². The predicted molar refractivity (Wildman–Crippen MR) is 89.1 cm³/mol. The van der Waals surface area contributed by atoms with Crippen LogP contribution >= 0.6 is 0 Å². The van der Waals surface area contributed by atoms with Crippen LogP contribution in [0, 0.1) is 6.92 Å². The minimum absolute atomic E-state index is 0.230. The third kappa shape index (κ3) is 3.04. The van der Waals surface area contributed by atoms with Crippen LogP contribution in [0.1, 0.15) is 42.4 Å². The summed E-state index contributed by atoms with van der Waals surface area (Å²) in [7, 11) is 0. The van der Waals surface area contributed by atoms with Crippen molar-refractivity contribution in [3.8, 4) is 0 Å². The van der Waals surface area contributed by atoms with Crippen molar-refractivity contribution in [1.82, 2.24) is 19.7 Å². The molecule has 2 aromatic heterocycles. The number of nitrogen functional groups attached to an aromatic ring is 1. The molecular weight excluding hydrogens is 331 g/mol. The normalized spacial score (nSPS) is 13.4. The largest absolute Gasteiger partial charge is 0.416 e. The highest BCUT2D eigenvalue weighted by Crippen LogP contribution is 2.33. The second-order valence-electron chi connectivity index (χ2n) is 5.90. The van der Waals surface area contributed by atoms with Crippen molar-refractivity contribution in [3.05, 3.63) is 46.9 Å². The Hall–Kier alpha value is -2.64. The van der Waals surface area contributed by atoms with Crippen LogP contribution < -0.4 is 5.73 Å². The van der Waals surface area contributed by atoms with Crippen molar-refractivity contribution in [2.24, 2.45) is 0 Å². The van der Waals surface area contributed by atoms with Gasteiger partial charge in [0.25, 0.3) is 0 Å². The number of aromatic nitrogens is 4. The van der Waals surface area contributed by atoms with Crippen LogP contribution in [0.2, 0.25) is 0 Å². The van der Waals surface area contributed by atoms with Gasteiger partial charge in [-0.15, -0.1) is 0 Å². The van der Waals surface area contributed by atoms with E-state index in [4.69, 9.17) is 5.73 Å². The van der Waals surface area contributed by atoms with Crippen LogP contribution in [0.15, 0.2) is 24.3 Å². The highest BCUT2D eigenvalue weighted by atomic mass is 19.4. The first-order valence-corrected chi connectivity index (χ1v) is 7.90. The number of fused-ring (bicyclic) bond motifs is 1. The molecule has 5 nitrogen and oxygen atoms in total. The average molecular weight is 349 g/mol. The van der Waals surface area contributed by atoms with Gasteiger partial charge < -0.3 is 5.73 Å². The summed E-state index contributed by atoms with van der Waals surface area (Å²) in [5.74, 6) is 0.649. The Morgan fingerprint density at radius 2 is 1.80 bits per heavy atom. The Bertz CT molecular complexity index is 913. The fraction of sp³-hybridized carbons (Fsp3) is 0.353. The molecule has 3 rings (SSSR count). The number of nitrogens with two attached hydrogens (primary N) is 1. The van der Waals surface area contributed by atoms with Gasteiger partial charge in [0.2, 0.25) is 0 Å². The van der Waals surface area contributed by atoms with Gasteiger partial charge in [0.1, 0.15) is 16.9 Å². The maximum absolute atomic E-state index is 12.7. The van der Waals surface area contributed by atoms with Crippen molar-refractivity contribution in [1.29, 1.82) is 0 Å². The number of benzene rings is 1. The lowest BCUT2D eigenvalue weighted by atomic mass is 9.96. The van der Waals surface area contributed by atoms with E-state index in [9.17, 15) is 13.2 Å². The zero-order valence-electron chi connectivity index (χ0n) is 14.1. The van der Waals surface area contributed by atoms with Crippen molar-refractivity contribution < 1.29 is 13.2 Å². The van der Waals surface area contributed by atoms with Gasteiger partial charge in [-0.05, 0) is 31.5 Å². The molecule has 0 bridgehead atoms. The molecule has 0 amide bonds. The number of hydrogen-bond acceptors (Lipinski definition) is 4. The number of hydrogen-bond donors (Lipinski definition) is 1. The number of rotatable bonds is 3. The molecule has 25 heavy (non-hydrogen) atoms. The van der Waals surface area contributed by atoms with Crippen LogP contribution in [-0.4, -0.2) is 19.7 Å². The zero-order valence-corrected chi connectivity index (χ0v) is 14.1. The van der Waals surface area contributed by atoms with Gasteiger partial charge in [-0.2, -0.15) is 18.3 Å². The van der Waals surface area contributed by atoms with E-state index in [2.05, 4.69) is 15.1 Å². The average Bonchev–Trinajstić information content (AvgIpc) is 2.92. The number of aryl methyl sites for hydroxylation is 2. The molecule has 0 aliphatic rings. The molecular formula is C17H18F3N5. The third-order valence-corrected chi connectivity index (χ3v) is 4.20. The van der Waals surface area contributed by atoms with E-state index in [0.717, 1.165) is 17.7 Å². The van der Waals surface area contributed by atoms with Crippen LogP contribution in [0.5, 0.6) is 0 Å². The summed E-state index contributed by atoms with van der Waals surface area (Å²) in [5, 5.41) is 4.57. The lowest BCUT2D eigenvalue weighted by Gasteiger charge is -2.12. The molecule has 0 aliphatic heterocycles. The van der Waals surface area contributed by atoms with E-state index >= 15 is 0 Å². The number of anilines is 1. The lowest BCUT2D eigenvalue weighted by molar-refractivity contribution is -0.137. The minimum atomic E-state index is -4.35. The molecule has 2 N–H and O–H groups in total. The van der Waals surface area contributed by atoms with Crippen LogP contribution in [0.4, 0.5) is 19.0 Å². The van der Waals surface area contributed by atoms with Gasteiger partial charge in [0.05, 0.1) is 11.3 Å². The van der Waals surface area contributed by atoms with Crippen molar-refractivity contribution in [2.75, 3.05) is 5.73 Å². The second kappa shape index (κ2) is 6.02. The standard InChI is InChI=1S/C17H18F3N5/c1-4-25-15-14(22-10(3)23-16(15)21)13(24-25)9(2)11-5-7-12(8-6-11)17(18,19)20/h5-9H,4H2,1-3H3,(H2,21,22,23)/t9-/m1/s1. The second-order valence-corrected chi connectivity index (χ2v) is 5.90. The lowest BCUT2D eigenvalue weighted by Crippen LogP contribution is -2.06. The maximum Gasteiger partial charge on any atom is 0.416 e. The number of nitrogens with zero attached hydrogens (tertiary/aromatic N) is 4. The van der Waals surface area contributed by atoms with Crippen molar-refractivity contribution >= 4 is 16.9 Å². The summed E-state index contributed by atoms with van der Waals surface area (Å²) in [6.07, 6.45) is -4.35. The third-order valence-electron chi connectivity index (χ3n) is 4.20. The van der Waals surface area contributed by atoms with Crippen LogP contribution in [0.25, 0.3) is 11.0 Å². The van der Waals surface area contributed by atoms with E-state index in [1.807, 2.05) is 13.8 Å². The quantitative estimate of drug-likeness (QED) is 0.778. The summed E-state index contributed by atoms with van der Waals surface area (Å²) in [6, 6.07) is 5.11. The van der Waals surface area contributed by atoms with E-state index in [1.54, 1.807) is 11.6 Å². The molecule has 1 atom stereocenters. The fourth-order valence-electron chi connectivity index (χ4n) is 2.89. The minimum Gasteiger partial charge on any atom is -0.382 e. The zero-order chi connectivity index (χ0) is 18.4. The molecule has 0 saturated carbocycles. The molecule has 8 heteroatoms. The first kappa shape index (κ1) is 17.2. The number of halogens is 3. The molecule has 0 aliphatic carbocycles. The summed E-state index contributed by atoms with van der Waals surface area (Å²) in [6.45, 7) is 6.15. The topological polar surface area (TPSA) is 69.6 Å². The summed E-state index contributed by atoms with van der Waals surface area (Å²) >= 11 is 0. The first-order valence-electron chi connectivity index (χ1n) is 7.90. The van der Waals surface area contributed by atoms with Crippen molar-refractivity contribution in [2.45, 2.75) is 39.4 Å². The molecule has 0 radical (unpaired) electrons. The first-order chi connectivity index (χ1) is 11.7. The fourth-order valence-corrected chi connectivity index (χ4v) is 2.89. The highest BCUT2D eigenvalue weighted by Gasteiger charge is 2.30. The molecule has 132 valence electrons. The van der Waals surface area contributed by atoms with Gasteiger partial charge in [0, 0.05) is 12.5 Å². The Morgan fingerprint density at radius 3 is 2.36 bits per heavy atom. The van der Waals surface area contributed by atoms with E-state index in [1.165, 1.54) is 12.1 Å². The Balaban J connectivity index is 2.10. The van der Waals surface area contributed by atoms with E-state index in [0.29, 0.717) is 34.9 Å². The number of alkyl halides is 3. The molecule has 0 spiro atoms. The maximum atomic E-state index is 12.7. The summed E-state index contributed by atoms with van der Waals surface area (Å²) in [4.78, 5) is 8.63. The highest BCUT2D eigenvalue weighted by molar-refractivity contribution is 5.87. The smallest absolute Gasteiger partial charge is 0.382 e. The Morgan fingerprint density at radius 1 is 1.16 bits per heavy atom. The van der Waals surface area contributed by atoms with Gasteiger partial charge in [-0.1, -0.05) is 19.1 Å².